The Morgan fingerprint density at radius 2 is 2.08 bits per heavy atom. The molecule has 1 N–H and O–H groups in total. The lowest BCUT2D eigenvalue weighted by Crippen LogP contribution is -1.95. The van der Waals surface area contributed by atoms with E-state index in [1.54, 1.807) is 0 Å². The largest absolute Gasteiger partial charge is 0.304 e. The summed E-state index contributed by atoms with van der Waals surface area (Å²) in [5.74, 6) is 0. The third-order valence-corrected chi connectivity index (χ3v) is 2.57. The van der Waals surface area contributed by atoms with Crippen molar-refractivity contribution >= 4 is 0 Å². The van der Waals surface area contributed by atoms with Crippen LogP contribution in [0.25, 0.3) is 0 Å². The van der Waals surface area contributed by atoms with Gasteiger partial charge in [0.15, 0.2) is 0 Å². The zero-order chi connectivity index (χ0) is 9.10. The molecule has 1 aliphatic heterocycles. The highest BCUT2D eigenvalue weighted by molar-refractivity contribution is 5.16. The lowest BCUT2D eigenvalue weighted by Gasteiger charge is -1.97. The molecular weight excluding hydrogens is 158 g/mol. The Kier molecular flexibility index (Phi) is 2.46. The second-order valence-electron chi connectivity index (χ2n) is 3.56. The molecule has 1 heterocycles. The van der Waals surface area contributed by atoms with Gasteiger partial charge >= 0.3 is 0 Å². The number of hydrogen-bond acceptors (Lipinski definition) is 1. The molecule has 0 aromatic heterocycles. The van der Waals surface area contributed by atoms with E-state index in [0.717, 1.165) is 0 Å². The van der Waals surface area contributed by atoms with Gasteiger partial charge in [-0.25, -0.2) is 0 Å². The van der Waals surface area contributed by atoms with Crippen LogP contribution >= 0.6 is 0 Å². The molecule has 0 amide bonds. The highest BCUT2D eigenvalue weighted by Crippen LogP contribution is 2.17. The van der Waals surface area contributed by atoms with Crippen molar-refractivity contribution in [3.63, 3.8) is 0 Å². The molecule has 0 aliphatic carbocycles. The first kappa shape index (κ1) is 8.52. The molecule has 1 heteroatoms. The first-order valence-corrected chi connectivity index (χ1v) is 4.82. The Morgan fingerprint density at radius 1 is 1.31 bits per heavy atom. The zero-order valence-electron chi connectivity index (χ0n) is 7.74. The Hall–Kier alpha value is -1.08. The maximum atomic E-state index is 3.77. The molecule has 2 rings (SSSR count). The summed E-state index contributed by atoms with van der Waals surface area (Å²) < 4.78 is 0. The van der Waals surface area contributed by atoms with Gasteiger partial charge in [-0.15, -0.1) is 6.58 Å². The Labute approximate surface area is 79.5 Å². The van der Waals surface area contributed by atoms with Gasteiger partial charge < -0.3 is 5.32 Å². The van der Waals surface area contributed by atoms with E-state index >= 15 is 0 Å². The number of nitrogens with one attached hydrogen (secondary N) is 1. The molecule has 1 fully saturated rings. The van der Waals surface area contributed by atoms with Gasteiger partial charge in [0.1, 0.15) is 0 Å². The molecule has 2 atom stereocenters. The van der Waals surface area contributed by atoms with Crippen LogP contribution in [0.5, 0.6) is 0 Å². The molecule has 0 spiro atoms. The van der Waals surface area contributed by atoms with Crippen LogP contribution in [0.15, 0.2) is 43.0 Å². The van der Waals surface area contributed by atoms with Crippen molar-refractivity contribution in [2.24, 2.45) is 0 Å². The molecule has 0 saturated carbocycles. The van der Waals surface area contributed by atoms with Crippen LogP contribution in [-0.2, 0) is 6.42 Å². The van der Waals surface area contributed by atoms with Crippen molar-refractivity contribution < 1.29 is 0 Å². The Bertz CT molecular complexity index is 278. The summed E-state index contributed by atoms with van der Waals surface area (Å²) in [5, 5.41) is 3.37. The fraction of sp³-hybridized carbons (Fsp3) is 0.333. The maximum absolute atomic E-state index is 3.77. The van der Waals surface area contributed by atoms with E-state index < -0.39 is 0 Å². The minimum absolute atomic E-state index is 0.573. The molecule has 1 saturated heterocycles. The molecule has 0 unspecified atom stereocenters. The van der Waals surface area contributed by atoms with E-state index in [-0.39, 0.29) is 0 Å². The second kappa shape index (κ2) is 3.75. The summed E-state index contributed by atoms with van der Waals surface area (Å²) in [5.41, 5.74) is 1.43. The average Bonchev–Trinajstić information content (AvgIpc) is 2.95. The van der Waals surface area contributed by atoms with E-state index in [9.17, 15) is 0 Å². The molecule has 0 bridgehead atoms. The summed E-state index contributed by atoms with van der Waals surface area (Å²) in [6.07, 6.45) is 4.39. The van der Waals surface area contributed by atoms with Crippen LogP contribution in [-0.4, -0.2) is 12.1 Å². The quantitative estimate of drug-likeness (QED) is 0.547. The predicted molar refractivity (Wildman–Crippen MR) is 55.7 cm³/mol. The third-order valence-electron chi connectivity index (χ3n) is 2.57. The van der Waals surface area contributed by atoms with Crippen molar-refractivity contribution in [2.75, 3.05) is 0 Å². The SMILES string of the molecule is C=C[C@@H]1N[C@H]1CCc1ccccc1. The molecule has 1 aromatic rings. The van der Waals surface area contributed by atoms with Crippen LogP contribution < -0.4 is 5.32 Å². The first-order chi connectivity index (χ1) is 6.40. The van der Waals surface area contributed by atoms with Gasteiger partial charge in [0.25, 0.3) is 0 Å². The second-order valence-corrected chi connectivity index (χ2v) is 3.56. The van der Waals surface area contributed by atoms with E-state index in [0.29, 0.717) is 12.1 Å². The van der Waals surface area contributed by atoms with E-state index in [1.165, 1.54) is 18.4 Å². The van der Waals surface area contributed by atoms with Crippen molar-refractivity contribution in [1.29, 1.82) is 0 Å². The first-order valence-electron chi connectivity index (χ1n) is 4.82. The molecule has 1 nitrogen and oxygen atoms in total. The van der Waals surface area contributed by atoms with E-state index in [4.69, 9.17) is 0 Å². The minimum atomic E-state index is 0.573. The van der Waals surface area contributed by atoms with Crippen LogP contribution in [0, 0.1) is 0 Å². The number of rotatable bonds is 4. The van der Waals surface area contributed by atoms with Crippen LogP contribution in [0.3, 0.4) is 0 Å². The minimum Gasteiger partial charge on any atom is -0.304 e. The average molecular weight is 173 g/mol. The molecule has 0 radical (unpaired) electrons. The summed E-state index contributed by atoms with van der Waals surface area (Å²) in [6, 6.07) is 11.9. The topological polar surface area (TPSA) is 21.9 Å². The lowest BCUT2D eigenvalue weighted by atomic mass is 10.1. The molecule has 13 heavy (non-hydrogen) atoms. The summed E-state index contributed by atoms with van der Waals surface area (Å²) in [7, 11) is 0. The van der Waals surface area contributed by atoms with Gasteiger partial charge in [-0.1, -0.05) is 36.4 Å². The molecule has 1 aromatic carbocycles. The molecular formula is C12H15N. The third kappa shape index (κ3) is 2.19. The van der Waals surface area contributed by atoms with E-state index in [2.05, 4.69) is 42.2 Å². The van der Waals surface area contributed by atoms with Gasteiger partial charge in [-0.3, -0.25) is 0 Å². The van der Waals surface area contributed by atoms with Crippen LogP contribution in [0.4, 0.5) is 0 Å². The van der Waals surface area contributed by atoms with Gasteiger partial charge in [0.2, 0.25) is 0 Å². The van der Waals surface area contributed by atoms with Gasteiger partial charge in [-0.2, -0.15) is 0 Å². The Balaban J connectivity index is 1.78. The highest BCUT2D eigenvalue weighted by Gasteiger charge is 2.31. The zero-order valence-corrected chi connectivity index (χ0v) is 7.74. The van der Waals surface area contributed by atoms with Crippen molar-refractivity contribution in [2.45, 2.75) is 24.9 Å². The van der Waals surface area contributed by atoms with Crippen molar-refractivity contribution in [3.05, 3.63) is 48.6 Å². The number of aryl methyl sites for hydroxylation is 1. The normalized spacial score (nSPS) is 25.5. The lowest BCUT2D eigenvalue weighted by molar-refractivity contribution is 0.794. The van der Waals surface area contributed by atoms with Crippen molar-refractivity contribution in [1.82, 2.24) is 5.32 Å². The molecule has 68 valence electrons. The fourth-order valence-electron chi connectivity index (χ4n) is 1.65. The van der Waals surface area contributed by atoms with E-state index in [1.807, 2.05) is 6.08 Å². The van der Waals surface area contributed by atoms with Gasteiger partial charge in [0.05, 0.1) is 0 Å². The Morgan fingerprint density at radius 3 is 2.69 bits per heavy atom. The van der Waals surface area contributed by atoms with Crippen LogP contribution in [0.2, 0.25) is 0 Å². The predicted octanol–water partition coefficient (Wildman–Crippen LogP) is 2.15. The van der Waals surface area contributed by atoms with Crippen molar-refractivity contribution in [3.8, 4) is 0 Å². The number of benzene rings is 1. The standard InChI is InChI=1S/C12H15N/c1-2-11-12(13-11)9-8-10-6-4-3-5-7-10/h2-7,11-13H,1,8-9H2/t11-,12-/m0/s1. The molecule has 1 aliphatic rings. The summed E-state index contributed by atoms with van der Waals surface area (Å²) >= 11 is 0. The highest BCUT2D eigenvalue weighted by atomic mass is 15.1. The smallest absolute Gasteiger partial charge is 0.0405 e. The summed E-state index contributed by atoms with van der Waals surface area (Å²) in [6.45, 7) is 3.77. The number of hydrogen-bond donors (Lipinski definition) is 1. The van der Waals surface area contributed by atoms with Gasteiger partial charge in [-0.05, 0) is 18.4 Å². The van der Waals surface area contributed by atoms with Gasteiger partial charge in [0, 0.05) is 12.1 Å². The summed E-state index contributed by atoms with van der Waals surface area (Å²) in [4.78, 5) is 0. The van der Waals surface area contributed by atoms with Crippen LogP contribution in [0.1, 0.15) is 12.0 Å². The maximum Gasteiger partial charge on any atom is 0.0405 e. The fourth-order valence-corrected chi connectivity index (χ4v) is 1.65. The monoisotopic (exact) mass is 173 g/mol.